The molecular formula is C21H23N3O2. The molecule has 0 atom stereocenters. The van der Waals surface area contributed by atoms with E-state index in [0.29, 0.717) is 12.2 Å². The first-order valence-electron chi connectivity index (χ1n) is 8.55. The molecular weight excluding hydrogens is 326 g/mol. The van der Waals surface area contributed by atoms with E-state index in [0.717, 1.165) is 28.9 Å². The lowest BCUT2D eigenvalue weighted by molar-refractivity contribution is 0.0828. The molecule has 1 amide bonds. The van der Waals surface area contributed by atoms with E-state index in [-0.39, 0.29) is 5.91 Å². The quantitative estimate of drug-likeness (QED) is 0.684. The third kappa shape index (κ3) is 4.11. The second-order valence-electron chi connectivity index (χ2n) is 6.38. The van der Waals surface area contributed by atoms with E-state index in [4.69, 9.17) is 4.74 Å². The van der Waals surface area contributed by atoms with Gasteiger partial charge >= 0.3 is 0 Å². The molecule has 5 nitrogen and oxygen atoms in total. The lowest BCUT2D eigenvalue weighted by atomic mass is 10.1. The molecule has 0 saturated carbocycles. The number of hydrogen-bond acceptors (Lipinski definition) is 4. The van der Waals surface area contributed by atoms with E-state index in [1.807, 2.05) is 61.6 Å². The predicted octanol–water partition coefficient (Wildman–Crippen LogP) is 3.45. The highest BCUT2D eigenvalue weighted by Crippen LogP contribution is 2.22. The van der Waals surface area contributed by atoms with Crippen molar-refractivity contribution < 1.29 is 9.53 Å². The van der Waals surface area contributed by atoms with Gasteiger partial charge in [0.15, 0.2) is 0 Å². The van der Waals surface area contributed by atoms with Crippen LogP contribution in [0.5, 0.6) is 5.75 Å². The third-order valence-electron chi connectivity index (χ3n) is 4.20. The van der Waals surface area contributed by atoms with Crippen LogP contribution in [0.15, 0.2) is 60.8 Å². The molecule has 0 aliphatic rings. The van der Waals surface area contributed by atoms with E-state index >= 15 is 0 Å². The zero-order valence-electron chi connectivity index (χ0n) is 15.3. The molecule has 3 rings (SSSR count). The molecule has 26 heavy (non-hydrogen) atoms. The number of anilines is 1. The van der Waals surface area contributed by atoms with Crippen LogP contribution < -0.4 is 9.64 Å². The fraction of sp³-hybridized carbons (Fsp3) is 0.238. The molecule has 0 radical (unpaired) electrons. The van der Waals surface area contributed by atoms with Gasteiger partial charge in [0.05, 0.1) is 6.54 Å². The summed E-state index contributed by atoms with van der Waals surface area (Å²) in [5.74, 6) is 1.75. The van der Waals surface area contributed by atoms with Crippen molar-refractivity contribution in [2.24, 2.45) is 0 Å². The molecule has 0 spiro atoms. The van der Waals surface area contributed by atoms with Crippen LogP contribution in [0, 0.1) is 0 Å². The van der Waals surface area contributed by atoms with Crippen molar-refractivity contribution in [3.05, 3.63) is 66.4 Å². The normalized spacial score (nSPS) is 10.6. The molecule has 0 unspecified atom stereocenters. The number of pyridine rings is 1. The minimum Gasteiger partial charge on any atom is -0.492 e. The van der Waals surface area contributed by atoms with E-state index in [1.54, 1.807) is 25.2 Å². The van der Waals surface area contributed by atoms with Crippen molar-refractivity contribution in [2.75, 3.05) is 39.2 Å². The Hall–Kier alpha value is -3.08. The third-order valence-corrected chi connectivity index (χ3v) is 4.20. The van der Waals surface area contributed by atoms with E-state index < -0.39 is 0 Å². The van der Waals surface area contributed by atoms with Gasteiger partial charge in [-0.2, -0.15) is 0 Å². The van der Waals surface area contributed by atoms with Gasteiger partial charge in [0.1, 0.15) is 18.2 Å². The van der Waals surface area contributed by atoms with Gasteiger partial charge in [-0.1, -0.05) is 18.2 Å². The first kappa shape index (κ1) is 17.7. The molecule has 0 aliphatic carbocycles. The van der Waals surface area contributed by atoms with Crippen LogP contribution in [0.4, 0.5) is 5.82 Å². The number of amides is 1. The number of fused-ring (bicyclic) bond motifs is 1. The van der Waals surface area contributed by atoms with Crippen molar-refractivity contribution in [1.82, 2.24) is 9.88 Å². The molecule has 0 saturated heterocycles. The van der Waals surface area contributed by atoms with Crippen molar-refractivity contribution in [2.45, 2.75) is 0 Å². The molecule has 0 N–H and O–H groups in total. The van der Waals surface area contributed by atoms with Crippen LogP contribution in [0.3, 0.4) is 0 Å². The number of aromatic nitrogens is 1. The maximum Gasteiger partial charge on any atom is 0.253 e. The Kier molecular flexibility index (Phi) is 5.37. The number of rotatable bonds is 6. The zero-order chi connectivity index (χ0) is 18.5. The van der Waals surface area contributed by atoms with Gasteiger partial charge in [0.25, 0.3) is 5.91 Å². The van der Waals surface area contributed by atoms with Gasteiger partial charge < -0.3 is 14.5 Å². The van der Waals surface area contributed by atoms with Gasteiger partial charge in [0.2, 0.25) is 0 Å². The topological polar surface area (TPSA) is 45.7 Å². The van der Waals surface area contributed by atoms with Gasteiger partial charge in [-0.3, -0.25) is 4.79 Å². The van der Waals surface area contributed by atoms with Crippen molar-refractivity contribution >= 4 is 22.5 Å². The van der Waals surface area contributed by atoms with Gasteiger partial charge in [-0.25, -0.2) is 4.98 Å². The Morgan fingerprint density at radius 3 is 2.50 bits per heavy atom. The van der Waals surface area contributed by atoms with Crippen LogP contribution in [0.25, 0.3) is 10.8 Å². The highest BCUT2D eigenvalue weighted by molar-refractivity contribution is 5.98. The molecule has 134 valence electrons. The van der Waals surface area contributed by atoms with Crippen LogP contribution in [0.1, 0.15) is 10.4 Å². The largest absolute Gasteiger partial charge is 0.492 e. The monoisotopic (exact) mass is 349 g/mol. The average molecular weight is 349 g/mol. The first-order chi connectivity index (χ1) is 12.5. The van der Waals surface area contributed by atoms with Crippen LogP contribution >= 0.6 is 0 Å². The molecule has 1 heterocycles. The standard InChI is InChI=1S/C21H23N3O2/c1-23(2)21(25)18-8-7-17-15-19(10-9-16(17)14-18)26-13-12-24(3)20-6-4-5-11-22-20/h4-11,14-15H,12-13H2,1-3H3. The highest BCUT2D eigenvalue weighted by Gasteiger charge is 2.09. The fourth-order valence-electron chi connectivity index (χ4n) is 2.70. The van der Waals surface area contributed by atoms with E-state index in [2.05, 4.69) is 9.88 Å². The minimum absolute atomic E-state index is 0.00443. The summed E-state index contributed by atoms with van der Waals surface area (Å²) in [5.41, 5.74) is 0.688. The molecule has 2 aromatic carbocycles. The summed E-state index contributed by atoms with van der Waals surface area (Å²) in [6, 6.07) is 17.5. The SMILES string of the molecule is CN(C)C(=O)c1ccc2cc(OCCN(C)c3ccccn3)ccc2c1. The number of ether oxygens (including phenoxy) is 1. The van der Waals surface area contributed by atoms with Gasteiger partial charge in [-0.05, 0) is 47.2 Å². The molecule has 5 heteroatoms. The molecule has 0 fully saturated rings. The van der Waals surface area contributed by atoms with Crippen LogP contribution in [-0.4, -0.2) is 50.1 Å². The highest BCUT2D eigenvalue weighted by atomic mass is 16.5. The molecule has 3 aromatic rings. The fourth-order valence-corrected chi connectivity index (χ4v) is 2.70. The lowest BCUT2D eigenvalue weighted by Gasteiger charge is -2.18. The predicted molar refractivity (Wildman–Crippen MR) is 105 cm³/mol. The summed E-state index contributed by atoms with van der Waals surface area (Å²) in [6.07, 6.45) is 1.78. The number of likely N-dealkylation sites (N-methyl/N-ethyl adjacent to an activating group) is 1. The molecule has 0 bridgehead atoms. The van der Waals surface area contributed by atoms with E-state index in [1.165, 1.54) is 0 Å². The Labute approximate surface area is 153 Å². The summed E-state index contributed by atoms with van der Waals surface area (Å²) >= 11 is 0. The van der Waals surface area contributed by atoms with Crippen molar-refractivity contribution in [1.29, 1.82) is 0 Å². The Bertz CT molecular complexity index is 894. The number of carbonyl (C=O) groups excluding carboxylic acids is 1. The number of carbonyl (C=O) groups is 1. The maximum atomic E-state index is 12.1. The summed E-state index contributed by atoms with van der Waals surface area (Å²) in [7, 11) is 5.51. The second-order valence-corrected chi connectivity index (χ2v) is 6.38. The first-order valence-corrected chi connectivity index (χ1v) is 8.55. The summed E-state index contributed by atoms with van der Waals surface area (Å²) < 4.78 is 5.88. The van der Waals surface area contributed by atoms with Crippen molar-refractivity contribution in [3.63, 3.8) is 0 Å². The Morgan fingerprint density at radius 1 is 1.00 bits per heavy atom. The second kappa shape index (κ2) is 7.87. The van der Waals surface area contributed by atoms with E-state index in [9.17, 15) is 4.79 Å². The summed E-state index contributed by atoms with van der Waals surface area (Å²) in [6.45, 7) is 1.31. The van der Waals surface area contributed by atoms with Crippen molar-refractivity contribution in [3.8, 4) is 5.75 Å². The molecule has 1 aromatic heterocycles. The van der Waals surface area contributed by atoms with Gasteiger partial charge in [-0.15, -0.1) is 0 Å². The number of nitrogens with zero attached hydrogens (tertiary/aromatic N) is 3. The molecule has 0 aliphatic heterocycles. The smallest absolute Gasteiger partial charge is 0.253 e. The average Bonchev–Trinajstić information content (AvgIpc) is 2.67. The lowest BCUT2D eigenvalue weighted by Crippen LogP contribution is -2.24. The Balaban J connectivity index is 1.64. The van der Waals surface area contributed by atoms with Crippen LogP contribution in [-0.2, 0) is 0 Å². The zero-order valence-corrected chi connectivity index (χ0v) is 15.3. The van der Waals surface area contributed by atoms with Gasteiger partial charge in [0, 0.05) is 32.9 Å². The summed E-state index contributed by atoms with van der Waals surface area (Å²) in [4.78, 5) is 20.0. The Morgan fingerprint density at radius 2 is 1.77 bits per heavy atom. The number of hydrogen-bond donors (Lipinski definition) is 0. The number of benzene rings is 2. The maximum absolute atomic E-state index is 12.1. The minimum atomic E-state index is 0.00443. The van der Waals surface area contributed by atoms with Crippen LogP contribution in [0.2, 0.25) is 0 Å². The summed E-state index contributed by atoms with van der Waals surface area (Å²) in [5, 5.41) is 2.08.